The zero-order chi connectivity index (χ0) is 13.1. The molecule has 18 heavy (non-hydrogen) atoms. The van der Waals surface area contributed by atoms with Crippen LogP contribution in [0.5, 0.6) is 0 Å². The van der Waals surface area contributed by atoms with E-state index in [1.807, 2.05) is 32.0 Å². The molecule has 1 aromatic heterocycles. The molecule has 0 aliphatic rings. The number of aryl methyl sites for hydroxylation is 2. The van der Waals surface area contributed by atoms with Gasteiger partial charge in [-0.25, -0.2) is 9.78 Å². The molecule has 0 aliphatic heterocycles. The summed E-state index contributed by atoms with van der Waals surface area (Å²) in [5, 5.41) is 0. The first-order chi connectivity index (χ1) is 8.63. The molecule has 1 aromatic carbocycles. The van der Waals surface area contributed by atoms with Gasteiger partial charge in [-0.15, -0.1) is 0 Å². The average molecular weight is 245 g/mol. The van der Waals surface area contributed by atoms with Crippen LogP contribution in [0.4, 0.5) is 0 Å². The molecule has 0 bridgehead atoms. The minimum Gasteiger partial charge on any atom is -0.461 e. The molecule has 2 aromatic rings. The summed E-state index contributed by atoms with van der Waals surface area (Å²) in [6.45, 7) is 6.07. The van der Waals surface area contributed by atoms with Crippen molar-refractivity contribution in [3.63, 3.8) is 0 Å². The number of hydrogen-bond donors (Lipinski definition) is 0. The van der Waals surface area contributed by atoms with Crippen LogP contribution in [-0.2, 0) is 4.74 Å². The molecule has 0 radical (unpaired) electrons. The Morgan fingerprint density at radius 2 is 2.17 bits per heavy atom. The number of hydrogen-bond acceptors (Lipinski definition) is 4. The highest BCUT2D eigenvalue weighted by Gasteiger charge is 2.20. The maximum Gasteiger partial charge on any atom is 0.360 e. The van der Waals surface area contributed by atoms with E-state index in [0.29, 0.717) is 12.4 Å². The number of nitrogens with zero attached hydrogens (tertiary/aromatic N) is 1. The van der Waals surface area contributed by atoms with Crippen LogP contribution in [0.25, 0.3) is 11.3 Å². The van der Waals surface area contributed by atoms with Gasteiger partial charge in [0, 0.05) is 5.56 Å². The first kappa shape index (κ1) is 12.4. The summed E-state index contributed by atoms with van der Waals surface area (Å²) in [7, 11) is 0. The second kappa shape index (κ2) is 5.04. The van der Waals surface area contributed by atoms with E-state index in [0.717, 1.165) is 16.7 Å². The number of aromatic nitrogens is 1. The number of carbonyl (C=O) groups is 1. The van der Waals surface area contributed by atoms with Crippen LogP contribution in [0.15, 0.2) is 29.0 Å². The van der Waals surface area contributed by atoms with E-state index < -0.39 is 5.97 Å². The molecule has 4 nitrogen and oxygen atoms in total. The Balaban J connectivity index is 2.45. The van der Waals surface area contributed by atoms with E-state index in [4.69, 9.17) is 9.15 Å². The summed E-state index contributed by atoms with van der Waals surface area (Å²) in [6, 6.07) is 5.93. The van der Waals surface area contributed by atoms with Crippen LogP contribution >= 0.6 is 0 Å². The van der Waals surface area contributed by atoms with Gasteiger partial charge in [0.25, 0.3) is 0 Å². The molecule has 2 rings (SSSR count). The van der Waals surface area contributed by atoms with Crippen LogP contribution < -0.4 is 0 Å². The van der Waals surface area contributed by atoms with Crippen LogP contribution in [0, 0.1) is 13.8 Å². The monoisotopic (exact) mass is 245 g/mol. The van der Waals surface area contributed by atoms with Crippen molar-refractivity contribution < 1.29 is 13.9 Å². The molecule has 1 heterocycles. The fourth-order valence-electron chi connectivity index (χ4n) is 1.85. The Hall–Kier alpha value is -2.10. The molecular formula is C14H15NO3. The largest absolute Gasteiger partial charge is 0.461 e. The number of benzene rings is 1. The minimum atomic E-state index is -0.457. The molecule has 0 saturated carbocycles. The number of esters is 1. The predicted octanol–water partition coefficient (Wildman–Crippen LogP) is 3.14. The van der Waals surface area contributed by atoms with Crippen molar-refractivity contribution >= 4 is 5.97 Å². The Morgan fingerprint density at radius 1 is 1.39 bits per heavy atom. The van der Waals surface area contributed by atoms with E-state index in [-0.39, 0.29) is 5.69 Å². The number of ether oxygens (including phenoxy) is 1. The molecule has 0 atom stereocenters. The minimum absolute atomic E-state index is 0.226. The van der Waals surface area contributed by atoms with E-state index in [9.17, 15) is 4.79 Å². The van der Waals surface area contributed by atoms with Gasteiger partial charge in [-0.2, -0.15) is 0 Å². The Kier molecular flexibility index (Phi) is 3.46. The highest BCUT2D eigenvalue weighted by atomic mass is 16.5. The molecule has 0 aliphatic carbocycles. The predicted molar refractivity (Wildman–Crippen MR) is 67.4 cm³/mol. The van der Waals surface area contributed by atoms with E-state index >= 15 is 0 Å². The van der Waals surface area contributed by atoms with Gasteiger partial charge in [-0.1, -0.05) is 23.8 Å². The van der Waals surface area contributed by atoms with E-state index in [1.165, 1.54) is 6.39 Å². The third kappa shape index (κ3) is 2.27. The van der Waals surface area contributed by atoms with Crippen LogP contribution in [0.2, 0.25) is 0 Å². The number of oxazole rings is 1. The Morgan fingerprint density at radius 3 is 2.83 bits per heavy atom. The lowest BCUT2D eigenvalue weighted by molar-refractivity contribution is 0.0520. The standard InChI is InChI=1S/C14H15NO3/c1-4-17-14(16)12-13(18-8-15-12)11-6-5-9(2)7-10(11)3/h5-8H,4H2,1-3H3. The lowest BCUT2D eigenvalue weighted by Gasteiger charge is -2.05. The maximum absolute atomic E-state index is 11.7. The lowest BCUT2D eigenvalue weighted by Crippen LogP contribution is -2.06. The van der Waals surface area contributed by atoms with Crippen LogP contribution in [0.1, 0.15) is 28.5 Å². The van der Waals surface area contributed by atoms with Crippen molar-refractivity contribution in [1.29, 1.82) is 0 Å². The van der Waals surface area contributed by atoms with Crippen molar-refractivity contribution in [2.24, 2.45) is 0 Å². The van der Waals surface area contributed by atoms with Crippen molar-refractivity contribution in [1.82, 2.24) is 4.98 Å². The molecule has 0 fully saturated rings. The van der Waals surface area contributed by atoms with Crippen LogP contribution in [0.3, 0.4) is 0 Å². The van der Waals surface area contributed by atoms with Crippen LogP contribution in [-0.4, -0.2) is 17.6 Å². The summed E-state index contributed by atoms with van der Waals surface area (Å²) in [5.74, 6) is 0.00664. The fraction of sp³-hybridized carbons (Fsp3) is 0.286. The van der Waals surface area contributed by atoms with Gasteiger partial charge in [0.05, 0.1) is 6.61 Å². The van der Waals surface area contributed by atoms with Gasteiger partial charge in [0.15, 0.2) is 17.8 Å². The van der Waals surface area contributed by atoms with Crippen molar-refractivity contribution in [2.45, 2.75) is 20.8 Å². The van der Waals surface area contributed by atoms with Crippen molar-refractivity contribution in [3.8, 4) is 11.3 Å². The smallest absolute Gasteiger partial charge is 0.360 e. The van der Waals surface area contributed by atoms with E-state index in [2.05, 4.69) is 4.98 Å². The van der Waals surface area contributed by atoms with Gasteiger partial charge in [-0.05, 0) is 26.3 Å². The first-order valence-corrected chi connectivity index (χ1v) is 5.81. The fourth-order valence-corrected chi connectivity index (χ4v) is 1.85. The molecule has 0 saturated heterocycles. The molecule has 0 spiro atoms. The summed E-state index contributed by atoms with van der Waals surface area (Å²) in [6.07, 6.45) is 1.26. The number of rotatable bonds is 3. The summed E-state index contributed by atoms with van der Waals surface area (Å²) in [4.78, 5) is 15.7. The average Bonchev–Trinajstić information content (AvgIpc) is 2.78. The zero-order valence-electron chi connectivity index (χ0n) is 10.7. The lowest BCUT2D eigenvalue weighted by atomic mass is 10.0. The third-order valence-electron chi connectivity index (χ3n) is 2.66. The second-order valence-electron chi connectivity index (χ2n) is 4.07. The van der Waals surface area contributed by atoms with Gasteiger partial charge < -0.3 is 9.15 Å². The first-order valence-electron chi connectivity index (χ1n) is 5.81. The Bertz CT molecular complexity index is 572. The molecule has 94 valence electrons. The highest BCUT2D eigenvalue weighted by Crippen LogP contribution is 2.27. The summed E-state index contributed by atoms with van der Waals surface area (Å²) in [5.41, 5.74) is 3.29. The van der Waals surface area contributed by atoms with Gasteiger partial charge in [0.2, 0.25) is 0 Å². The highest BCUT2D eigenvalue weighted by molar-refractivity contribution is 5.93. The van der Waals surface area contributed by atoms with Crippen molar-refractivity contribution in [2.75, 3.05) is 6.61 Å². The van der Waals surface area contributed by atoms with Crippen molar-refractivity contribution in [3.05, 3.63) is 41.4 Å². The van der Waals surface area contributed by atoms with Gasteiger partial charge in [-0.3, -0.25) is 0 Å². The second-order valence-corrected chi connectivity index (χ2v) is 4.07. The van der Waals surface area contributed by atoms with Gasteiger partial charge in [0.1, 0.15) is 0 Å². The summed E-state index contributed by atoms with van der Waals surface area (Å²) < 4.78 is 10.3. The maximum atomic E-state index is 11.7. The quantitative estimate of drug-likeness (QED) is 0.779. The molecule has 0 unspecified atom stereocenters. The SMILES string of the molecule is CCOC(=O)c1ncoc1-c1ccc(C)cc1C. The molecular weight excluding hydrogens is 230 g/mol. The summed E-state index contributed by atoms with van der Waals surface area (Å²) >= 11 is 0. The van der Waals surface area contributed by atoms with E-state index in [1.54, 1.807) is 6.92 Å². The third-order valence-corrected chi connectivity index (χ3v) is 2.66. The number of carbonyl (C=O) groups excluding carboxylic acids is 1. The Labute approximate surface area is 106 Å². The molecule has 0 amide bonds. The van der Waals surface area contributed by atoms with Gasteiger partial charge >= 0.3 is 5.97 Å². The molecule has 0 N–H and O–H groups in total. The normalized spacial score (nSPS) is 10.4. The molecule has 4 heteroatoms. The zero-order valence-corrected chi connectivity index (χ0v) is 10.7. The topological polar surface area (TPSA) is 52.3 Å².